The van der Waals surface area contributed by atoms with E-state index in [1.165, 1.54) is 10.5 Å². The Morgan fingerprint density at radius 2 is 1.90 bits per heavy atom. The molecule has 7 heteroatoms. The second kappa shape index (κ2) is 7.87. The zero-order valence-corrected chi connectivity index (χ0v) is 18.4. The number of rotatable bonds is 4. The van der Waals surface area contributed by atoms with E-state index in [9.17, 15) is 14.4 Å². The Labute approximate surface area is 180 Å². The lowest BCUT2D eigenvalue weighted by Crippen LogP contribution is -2.54. The molecule has 4 rings (SSSR count). The fraction of sp³-hybridized carbons (Fsp3) is 0.435. The van der Waals surface area contributed by atoms with Crippen molar-refractivity contribution in [2.24, 2.45) is 5.92 Å². The number of benzene rings is 1. The molecule has 2 aliphatic heterocycles. The van der Waals surface area contributed by atoms with Crippen molar-refractivity contribution in [1.29, 1.82) is 0 Å². The Morgan fingerprint density at radius 3 is 2.53 bits per heavy atom. The number of carbonyl (C=O) groups excluding carboxylic acids is 3. The second-order valence-electron chi connectivity index (χ2n) is 8.52. The lowest BCUT2D eigenvalue weighted by molar-refractivity contribution is -0.133. The van der Waals surface area contributed by atoms with Gasteiger partial charge in [0.1, 0.15) is 5.54 Å². The van der Waals surface area contributed by atoms with Crippen LogP contribution in [0.15, 0.2) is 35.0 Å². The molecular formula is C23H27N3O3S. The van der Waals surface area contributed by atoms with Gasteiger partial charge in [0.15, 0.2) is 0 Å². The minimum atomic E-state index is -0.914. The van der Waals surface area contributed by atoms with Crippen molar-refractivity contribution in [3.05, 3.63) is 57.3 Å². The number of nitrogens with one attached hydrogen (secondary N) is 1. The molecular weight excluding hydrogens is 398 g/mol. The SMILES string of the molecule is Cc1ccc(C(=O)N2CCC(C3(C)NC(=O)N(Cc4ccsc4)C3=O)CC2)cc1C. The van der Waals surface area contributed by atoms with Crippen molar-refractivity contribution >= 4 is 29.2 Å². The average Bonchev–Trinajstić information content (AvgIpc) is 3.33. The van der Waals surface area contributed by atoms with E-state index >= 15 is 0 Å². The van der Waals surface area contributed by atoms with E-state index in [1.54, 1.807) is 11.3 Å². The Balaban J connectivity index is 1.42. The standard InChI is InChI=1S/C23H27N3O3S/c1-15-4-5-18(12-16(15)2)20(27)25-9-6-19(7-10-25)23(3)21(28)26(22(29)24-23)13-17-8-11-30-14-17/h4-5,8,11-12,14,19H,6-7,9-10,13H2,1-3H3,(H,24,29). The van der Waals surface area contributed by atoms with Crippen LogP contribution >= 0.6 is 11.3 Å². The van der Waals surface area contributed by atoms with E-state index in [4.69, 9.17) is 0 Å². The molecule has 0 aliphatic carbocycles. The maximum absolute atomic E-state index is 13.1. The molecule has 1 atom stereocenters. The van der Waals surface area contributed by atoms with E-state index in [0.29, 0.717) is 38.0 Å². The summed E-state index contributed by atoms with van der Waals surface area (Å²) in [7, 11) is 0. The van der Waals surface area contributed by atoms with E-state index in [0.717, 1.165) is 11.1 Å². The number of carbonyl (C=O) groups is 3. The van der Waals surface area contributed by atoms with Crippen LogP contribution < -0.4 is 5.32 Å². The number of hydrogen-bond donors (Lipinski definition) is 1. The molecule has 2 saturated heterocycles. The predicted octanol–water partition coefficient (Wildman–Crippen LogP) is 3.73. The first kappa shape index (κ1) is 20.6. The average molecular weight is 426 g/mol. The Kier molecular flexibility index (Phi) is 5.40. The second-order valence-corrected chi connectivity index (χ2v) is 9.30. The first-order valence-electron chi connectivity index (χ1n) is 10.3. The van der Waals surface area contributed by atoms with E-state index in [2.05, 4.69) is 5.32 Å². The van der Waals surface area contributed by atoms with Gasteiger partial charge in [-0.05, 0) is 85.2 Å². The van der Waals surface area contributed by atoms with Gasteiger partial charge in [0.25, 0.3) is 11.8 Å². The maximum Gasteiger partial charge on any atom is 0.325 e. The summed E-state index contributed by atoms with van der Waals surface area (Å²) in [6.07, 6.45) is 1.37. The number of imide groups is 1. The van der Waals surface area contributed by atoms with Gasteiger partial charge in [-0.15, -0.1) is 0 Å². The summed E-state index contributed by atoms with van der Waals surface area (Å²) in [4.78, 5) is 41.7. The molecule has 158 valence electrons. The molecule has 0 radical (unpaired) electrons. The number of likely N-dealkylation sites (tertiary alicyclic amines) is 1. The Bertz CT molecular complexity index is 980. The monoisotopic (exact) mass is 425 g/mol. The van der Waals surface area contributed by atoms with Crippen molar-refractivity contribution in [3.63, 3.8) is 0 Å². The number of piperidine rings is 1. The Morgan fingerprint density at radius 1 is 1.17 bits per heavy atom. The van der Waals surface area contributed by atoms with Crippen molar-refractivity contribution in [2.75, 3.05) is 13.1 Å². The lowest BCUT2D eigenvalue weighted by atomic mass is 9.78. The molecule has 2 aliphatic rings. The van der Waals surface area contributed by atoms with Gasteiger partial charge >= 0.3 is 6.03 Å². The molecule has 0 saturated carbocycles. The largest absolute Gasteiger partial charge is 0.339 e. The zero-order valence-electron chi connectivity index (χ0n) is 17.6. The molecule has 0 spiro atoms. The van der Waals surface area contributed by atoms with Crippen molar-refractivity contribution in [1.82, 2.24) is 15.1 Å². The van der Waals surface area contributed by atoms with E-state index < -0.39 is 5.54 Å². The van der Waals surface area contributed by atoms with Gasteiger partial charge in [0.2, 0.25) is 0 Å². The number of amides is 4. The maximum atomic E-state index is 13.1. The summed E-state index contributed by atoms with van der Waals surface area (Å²) in [6.45, 7) is 7.33. The normalized spacial score (nSPS) is 22.5. The van der Waals surface area contributed by atoms with Gasteiger partial charge in [-0.3, -0.25) is 14.5 Å². The summed E-state index contributed by atoms with van der Waals surface area (Å²) < 4.78 is 0. The highest BCUT2D eigenvalue weighted by Crippen LogP contribution is 2.34. The smallest absolute Gasteiger partial charge is 0.325 e. The molecule has 1 N–H and O–H groups in total. The number of aryl methyl sites for hydroxylation is 2. The minimum absolute atomic E-state index is 0.00484. The fourth-order valence-corrected chi connectivity index (χ4v) is 5.08. The molecule has 30 heavy (non-hydrogen) atoms. The van der Waals surface area contributed by atoms with Crippen LogP contribution in [-0.4, -0.2) is 46.3 Å². The van der Waals surface area contributed by atoms with Crippen LogP contribution in [0.2, 0.25) is 0 Å². The third-order valence-corrected chi connectivity index (χ3v) is 7.31. The van der Waals surface area contributed by atoms with Crippen LogP contribution in [0.1, 0.15) is 46.8 Å². The summed E-state index contributed by atoms with van der Waals surface area (Å²) in [5.41, 5.74) is 3.02. The molecule has 1 aromatic carbocycles. The van der Waals surface area contributed by atoms with Gasteiger partial charge in [-0.1, -0.05) is 6.07 Å². The summed E-state index contributed by atoms with van der Waals surface area (Å²) in [6, 6.07) is 7.39. The topological polar surface area (TPSA) is 69.7 Å². The van der Waals surface area contributed by atoms with Gasteiger partial charge in [-0.25, -0.2) is 4.79 Å². The molecule has 0 bridgehead atoms. The molecule has 6 nitrogen and oxygen atoms in total. The van der Waals surface area contributed by atoms with Gasteiger partial charge in [0.05, 0.1) is 6.54 Å². The molecule has 1 unspecified atom stereocenters. The van der Waals surface area contributed by atoms with Crippen LogP contribution in [0, 0.1) is 19.8 Å². The highest BCUT2D eigenvalue weighted by atomic mass is 32.1. The molecule has 1 aromatic heterocycles. The van der Waals surface area contributed by atoms with Gasteiger partial charge in [0, 0.05) is 18.7 Å². The Hall–Kier alpha value is -2.67. The van der Waals surface area contributed by atoms with Gasteiger partial charge < -0.3 is 10.2 Å². The van der Waals surface area contributed by atoms with Crippen molar-refractivity contribution < 1.29 is 14.4 Å². The summed E-state index contributed by atoms with van der Waals surface area (Å²) in [5, 5.41) is 6.83. The van der Waals surface area contributed by atoms with Crippen LogP contribution in [-0.2, 0) is 11.3 Å². The number of hydrogen-bond acceptors (Lipinski definition) is 4. The van der Waals surface area contributed by atoms with Crippen molar-refractivity contribution in [3.8, 4) is 0 Å². The third kappa shape index (κ3) is 3.62. The van der Waals surface area contributed by atoms with E-state index in [-0.39, 0.29) is 23.8 Å². The third-order valence-electron chi connectivity index (χ3n) is 6.57. The number of nitrogens with zero attached hydrogens (tertiary/aromatic N) is 2. The van der Waals surface area contributed by atoms with Crippen LogP contribution in [0.5, 0.6) is 0 Å². The quantitative estimate of drug-likeness (QED) is 0.759. The summed E-state index contributed by atoms with van der Waals surface area (Å²) >= 11 is 1.55. The molecule has 2 aromatic rings. The first-order chi connectivity index (χ1) is 14.3. The summed E-state index contributed by atoms with van der Waals surface area (Å²) in [5.74, 6) is -0.134. The first-order valence-corrected chi connectivity index (χ1v) is 11.3. The van der Waals surface area contributed by atoms with Crippen LogP contribution in [0.25, 0.3) is 0 Å². The fourth-order valence-electron chi connectivity index (χ4n) is 4.42. The highest BCUT2D eigenvalue weighted by molar-refractivity contribution is 7.07. The number of thiophene rings is 1. The van der Waals surface area contributed by atoms with Crippen molar-refractivity contribution in [2.45, 2.75) is 45.7 Å². The van der Waals surface area contributed by atoms with E-state index in [1.807, 2.05) is 60.7 Å². The van der Waals surface area contributed by atoms with Crippen LogP contribution in [0.3, 0.4) is 0 Å². The van der Waals surface area contributed by atoms with Crippen LogP contribution in [0.4, 0.5) is 4.79 Å². The molecule has 4 amide bonds. The zero-order chi connectivity index (χ0) is 21.5. The predicted molar refractivity (Wildman–Crippen MR) is 116 cm³/mol. The lowest BCUT2D eigenvalue weighted by Gasteiger charge is -2.39. The number of urea groups is 1. The minimum Gasteiger partial charge on any atom is -0.339 e. The molecule has 3 heterocycles. The van der Waals surface area contributed by atoms with Gasteiger partial charge in [-0.2, -0.15) is 11.3 Å². The highest BCUT2D eigenvalue weighted by Gasteiger charge is 2.52. The molecule has 2 fully saturated rings.